The standard InChI is InChI=1S/C22H29FN4O/c1-5-25-20(28)17-11-9-16(10-12-17)14-26-21(24-4)27-15-22(2,3)18-7-6-8-19(23)13-18/h6-13H,5,14-15H2,1-4H3,(H,25,28)(H2,24,26,27). The van der Waals surface area contributed by atoms with Gasteiger partial charge in [-0.1, -0.05) is 38.1 Å². The van der Waals surface area contributed by atoms with Crippen molar-refractivity contribution in [3.63, 3.8) is 0 Å². The summed E-state index contributed by atoms with van der Waals surface area (Å²) in [5.74, 6) is 0.362. The molecule has 1 amide bonds. The number of rotatable bonds is 7. The van der Waals surface area contributed by atoms with Gasteiger partial charge in [-0.3, -0.25) is 9.79 Å². The fourth-order valence-electron chi connectivity index (χ4n) is 2.76. The van der Waals surface area contributed by atoms with Crippen molar-refractivity contribution in [1.29, 1.82) is 0 Å². The first-order chi connectivity index (χ1) is 13.4. The molecule has 0 aliphatic heterocycles. The molecule has 0 aliphatic rings. The zero-order valence-corrected chi connectivity index (χ0v) is 17.0. The molecular weight excluding hydrogens is 355 g/mol. The highest BCUT2D eigenvalue weighted by Gasteiger charge is 2.21. The largest absolute Gasteiger partial charge is 0.356 e. The summed E-state index contributed by atoms with van der Waals surface area (Å²) in [4.78, 5) is 16.1. The monoisotopic (exact) mass is 384 g/mol. The topological polar surface area (TPSA) is 65.5 Å². The molecule has 3 N–H and O–H groups in total. The molecule has 0 saturated heterocycles. The van der Waals surface area contributed by atoms with Gasteiger partial charge in [-0.2, -0.15) is 0 Å². The van der Waals surface area contributed by atoms with E-state index in [4.69, 9.17) is 0 Å². The Hall–Kier alpha value is -2.89. The highest BCUT2D eigenvalue weighted by molar-refractivity contribution is 5.94. The van der Waals surface area contributed by atoms with Gasteiger partial charge in [-0.15, -0.1) is 0 Å². The third-order valence-corrected chi connectivity index (χ3v) is 4.54. The number of halogens is 1. The first-order valence-corrected chi connectivity index (χ1v) is 9.43. The zero-order chi connectivity index (χ0) is 20.6. The molecule has 0 aliphatic carbocycles. The fraction of sp³-hybridized carbons (Fsp3) is 0.364. The van der Waals surface area contributed by atoms with Gasteiger partial charge >= 0.3 is 0 Å². The van der Waals surface area contributed by atoms with Crippen LogP contribution in [0.2, 0.25) is 0 Å². The summed E-state index contributed by atoms with van der Waals surface area (Å²) in [6, 6.07) is 14.1. The number of hydrogen-bond donors (Lipinski definition) is 3. The molecule has 2 aromatic rings. The molecule has 0 aromatic heterocycles. The Morgan fingerprint density at radius 2 is 1.79 bits per heavy atom. The lowest BCUT2D eigenvalue weighted by molar-refractivity contribution is 0.0956. The second-order valence-electron chi connectivity index (χ2n) is 7.23. The first kappa shape index (κ1) is 21.4. The number of nitrogens with zero attached hydrogens (tertiary/aromatic N) is 1. The number of amides is 1. The number of nitrogens with one attached hydrogen (secondary N) is 3. The van der Waals surface area contributed by atoms with Gasteiger partial charge in [-0.25, -0.2) is 4.39 Å². The van der Waals surface area contributed by atoms with E-state index in [0.29, 0.717) is 31.2 Å². The lowest BCUT2D eigenvalue weighted by Gasteiger charge is -2.27. The summed E-state index contributed by atoms with van der Waals surface area (Å²) in [6.45, 7) is 7.80. The lowest BCUT2D eigenvalue weighted by atomic mass is 9.84. The van der Waals surface area contributed by atoms with Crippen molar-refractivity contribution in [1.82, 2.24) is 16.0 Å². The molecular formula is C22H29FN4O. The summed E-state index contributed by atoms with van der Waals surface area (Å²) in [6.07, 6.45) is 0. The average molecular weight is 384 g/mol. The smallest absolute Gasteiger partial charge is 0.251 e. The van der Waals surface area contributed by atoms with E-state index in [0.717, 1.165) is 11.1 Å². The fourth-order valence-corrected chi connectivity index (χ4v) is 2.76. The lowest BCUT2D eigenvalue weighted by Crippen LogP contribution is -2.43. The van der Waals surface area contributed by atoms with Crippen molar-refractivity contribution >= 4 is 11.9 Å². The Morgan fingerprint density at radius 1 is 1.07 bits per heavy atom. The molecule has 0 atom stereocenters. The van der Waals surface area contributed by atoms with Crippen molar-refractivity contribution in [2.24, 2.45) is 4.99 Å². The average Bonchev–Trinajstić information content (AvgIpc) is 2.68. The summed E-state index contributed by atoms with van der Waals surface area (Å²) < 4.78 is 13.5. The molecule has 6 heteroatoms. The Bertz CT molecular complexity index is 816. The molecule has 150 valence electrons. The summed E-state index contributed by atoms with van der Waals surface area (Å²) >= 11 is 0. The van der Waals surface area contributed by atoms with Crippen LogP contribution in [-0.4, -0.2) is 32.0 Å². The van der Waals surface area contributed by atoms with Crippen LogP contribution in [0.1, 0.15) is 42.3 Å². The maximum absolute atomic E-state index is 13.5. The third-order valence-electron chi connectivity index (χ3n) is 4.54. The molecule has 2 aromatic carbocycles. The molecule has 2 rings (SSSR count). The van der Waals surface area contributed by atoms with Crippen LogP contribution in [-0.2, 0) is 12.0 Å². The molecule has 28 heavy (non-hydrogen) atoms. The number of aliphatic imine (C=N–C) groups is 1. The predicted molar refractivity (Wildman–Crippen MR) is 112 cm³/mol. The normalized spacial score (nSPS) is 11.8. The number of benzene rings is 2. The second kappa shape index (κ2) is 9.88. The van der Waals surface area contributed by atoms with Crippen LogP contribution in [0.4, 0.5) is 4.39 Å². The van der Waals surface area contributed by atoms with Gasteiger partial charge < -0.3 is 16.0 Å². The van der Waals surface area contributed by atoms with Crippen LogP contribution in [0.25, 0.3) is 0 Å². The maximum Gasteiger partial charge on any atom is 0.251 e. The van der Waals surface area contributed by atoms with Crippen molar-refractivity contribution in [3.8, 4) is 0 Å². The minimum atomic E-state index is -0.256. The van der Waals surface area contributed by atoms with Crippen LogP contribution in [0.15, 0.2) is 53.5 Å². The molecule has 0 saturated carbocycles. The van der Waals surface area contributed by atoms with Gasteiger partial charge in [0.1, 0.15) is 5.82 Å². The van der Waals surface area contributed by atoms with Gasteiger partial charge in [0.2, 0.25) is 0 Å². The summed E-state index contributed by atoms with van der Waals surface area (Å²) in [5.41, 5.74) is 2.36. The van der Waals surface area contributed by atoms with Crippen LogP contribution >= 0.6 is 0 Å². The number of carbonyl (C=O) groups excluding carboxylic acids is 1. The highest BCUT2D eigenvalue weighted by Crippen LogP contribution is 2.22. The Morgan fingerprint density at radius 3 is 2.39 bits per heavy atom. The predicted octanol–water partition coefficient (Wildman–Crippen LogP) is 3.22. The molecule has 0 heterocycles. The number of hydrogen-bond acceptors (Lipinski definition) is 2. The molecule has 0 radical (unpaired) electrons. The van der Waals surface area contributed by atoms with E-state index in [1.165, 1.54) is 6.07 Å². The number of carbonyl (C=O) groups is 1. The minimum absolute atomic E-state index is 0.0703. The maximum atomic E-state index is 13.5. The van der Waals surface area contributed by atoms with Crippen molar-refractivity contribution in [3.05, 3.63) is 71.0 Å². The summed E-state index contributed by atoms with van der Waals surface area (Å²) in [7, 11) is 1.71. The molecule has 0 spiro atoms. The van der Waals surface area contributed by atoms with Gasteiger partial charge in [-0.05, 0) is 42.3 Å². The third kappa shape index (κ3) is 6.08. The Balaban J connectivity index is 1.90. The Kier molecular flexibility index (Phi) is 7.55. The highest BCUT2D eigenvalue weighted by atomic mass is 19.1. The van der Waals surface area contributed by atoms with Crippen LogP contribution in [0, 0.1) is 5.82 Å². The summed E-state index contributed by atoms with van der Waals surface area (Å²) in [5, 5.41) is 9.34. The van der Waals surface area contributed by atoms with E-state index in [1.807, 2.05) is 37.3 Å². The van der Waals surface area contributed by atoms with E-state index < -0.39 is 0 Å². The van der Waals surface area contributed by atoms with Crippen LogP contribution in [0.3, 0.4) is 0 Å². The van der Waals surface area contributed by atoms with E-state index in [9.17, 15) is 9.18 Å². The molecule has 0 unspecified atom stereocenters. The van der Waals surface area contributed by atoms with Crippen molar-refractivity contribution in [2.45, 2.75) is 32.7 Å². The zero-order valence-electron chi connectivity index (χ0n) is 17.0. The van der Waals surface area contributed by atoms with Gasteiger partial charge in [0.05, 0.1) is 0 Å². The van der Waals surface area contributed by atoms with E-state index >= 15 is 0 Å². The van der Waals surface area contributed by atoms with Crippen LogP contribution in [0.5, 0.6) is 0 Å². The van der Waals surface area contributed by atoms with E-state index in [1.54, 1.807) is 19.2 Å². The van der Waals surface area contributed by atoms with E-state index in [-0.39, 0.29) is 17.1 Å². The number of guanidine groups is 1. The van der Waals surface area contributed by atoms with Crippen molar-refractivity contribution < 1.29 is 9.18 Å². The van der Waals surface area contributed by atoms with Crippen LogP contribution < -0.4 is 16.0 Å². The second-order valence-corrected chi connectivity index (χ2v) is 7.23. The Labute approximate surface area is 166 Å². The quantitative estimate of drug-likeness (QED) is 0.507. The minimum Gasteiger partial charge on any atom is -0.356 e. The van der Waals surface area contributed by atoms with E-state index in [2.05, 4.69) is 34.8 Å². The van der Waals surface area contributed by atoms with Gasteiger partial charge in [0.25, 0.3) is 5.91 Å². The van der Waals surface area contributed by atoms with Gasteiger partial charge in [0.15, 0.2) is 5.96 Å². The SMILES string of the molecule is CCNC(=O)c1ccc(CNC(=NC)NCC(C)(C)c2cccc(F)c2)cc1. The molecule has 0 fully saturated rings. The van der Waals surface area contributed by atoms with Gasteiger partial charge in [0, 0.05) is 37.7 Å². The first-order valence-electron chi connectivity index (χ1n) is 9.43. The molecule has 0 bridgehead atoms. The molecule has 5 nitrogen and oxygen atoms in total. The van der Waals surface area contributed by atoms with Crippen molar-refractivity contribution in [2.75, 3.05) is 20.1 Å².